The highest BCUT2D eigenvalue weighted by Gasteiger charge is 2.20. The molecule has 0 atom stereocenters. The molecule has 0 unspecified atom stereocenters. The number of carbonyl (C=O) groups excluding carboxylic acids is 1. The normalized spacial score (nSPS) is 14.6. The monoisotopic (exact) mass is 392 g/mol. The van der Waals surface area contributed by atoms with Gasteiger partial charge in [-0.05, 0) is 36.4 Å². The van der Waals surface area contributed by atoms with Gasteiger partial charge in [-0.15, -0.1) is 0 Å². The first-order valence-corrected chi connectivity index (χ1v) is 9.63. The van der Waals surface area contributed by atoms with Crippen LogP contribution < -0.4 is 15.0 Å². The van der Waals surface area contributed by atoms with Crippen molar-refractivity contribution in [3.8, 4) is 5.75 Å². The highest BCUT2D eigenvalue weighted by molar-refractivity contribution is 6.02. The Morgan fingerprint density at radius 3 is 2.48 bits per heavy atom. The largest absolute Gasteiger partial charge is 0.497 e. The highest BCUT2D eigenvalue weighted by Crippen LogP contribution is 2.21. The molecule has 1 fully saturated rings. The van der Waals surface area contributed by atoms with Crippen LogP contribution in [-0.4, -0.2) is 49.1 Å². The fourth-order valence-corrected chi connectivity index (χ4v) is 3.35. The zero-order valence-electron chi connectivity index (χ0n) is 16.4. The lowest BCUT2D eigenvalue weighted by Crippen LogP contribution is -2.46. The van der Waals surface area contributed by atoms with Gasteiger partial charge in [-0.2, -0.15) is 0 Å². The maximum atomic E-state index is 12.3. The average Bonchev–Trinajstić information content (AvgIpc) is 3.24. The maximum absolute atomic E-state index is 12.3. The van der Waals surface area contributed by atoms with Crippen molar-refractivity contribution >= 4 is 17.3 Å². The lowest BCUT2D eigenvalue weighted by Gasteiger charge is -2.35. The van der Waals surface area contributed by atoms with Crippen molar-refractivity contribution in [3.63, 3.8) is 0 Å². The molecular formula is C22H24N4O3. The summed E-state index contributed by atoms with van der Waals surface area (Å²) in [5.74, 6) is 1.15. The van der Waals surface area contributed by atoms with Crippen LogP contribution in [-0.2, 0) is 6.54 Å². The molecule has 0 saturated carbocycles. The molecule has 1 N–H and O–H groups in total. The number of methoxy groups -OCH3 is 1. The molecule has 2 aromatic carbocycles. The van der Waals surface area contributed by atoms with Crippen molar-refractivity contribution in [2.75, 3.05) is 43.5 Å². The van der Waals surface area contributed by atoms with Gasteiger partial charge in [0, 0.05) is 37.6 Å². The summed E-state index contributed by atoms with van der Waals surface area (Å²) in [5, 5.41) is 2.82. The quantitative estimate of drug-likeness (QED) is 0.694. The number of piperazine rings is 1. The van der Waals surface area contributed by atoms with E-state index in [0.29, 0.717) is 18.1 Å². The fourth-order valence-electron chi connectivity index (χ4n) is 3.35. The number of aromatic nitrogens is 1. The number of carbonyl (C=O) groups is 1. The van der Waals surface area contributed by atoms with E-state index in [1.165, 1.54) is 12.0 Å². The van der Waals surface area contributed by atoms with Gasteiger partial charge in [-0.3, -0.25) is 9.69 Å². The van der Waals surface area contributed by atoms with Crippen LogP contribution in [0.2, 0.25) is 0 Å². The van der Waals surface area contributed by atoms with E-state index in [1.807, 2.05) is 42.5 Å². The fraction of sp³-hybridized carbons (Fsp3) is 0.273. The number of para-hydroxylation sites is 1. The van der Waals surface area contributed by atoms with Crippen LogP contribution in [0.4, 0.5) is 11.4 Å². The summed E-state index contributed by atoms with van der Waals surface area (Å²) in [4.78, 5) is 21.3. The molecule has 29 heavy (non-hydrogen) atoms. The highest BCUT2D eigenvalue weighted by atomic mass is 16.5. The van der Waals surface area contributed by atoms with Crippen LogP contribution in [0.1, 0.15) is 16.4 Å². The molecular weight excluding hydrogens is 368 g/mol. The van der Waals surface area contributed by atoms with Gasteiger partial charge in [0.2, 0.25) is 5.89 Å². The number of ether oxygens (including phenoxy) is 1. The van der Waals surface area contributed by atoms with E-state index >= 15 is 0 Å². The molecule has 0 bridgehead atoms. The van der Waals surface area contributed by atoms with Gasteiger partial charge < -0.3 is 19.4 Å². The van der Waals surface area contributed by atoms with E-state index in [2.05, 4.69) is 32.2 Å². The molecule has 2 heterocycles. The summed E-state index contributed by atoms with van der Waals surface area (Å²) in [5.41, 5.74) is 2.22. The first-order chi connectivity index (χ1) is 14.2. The maximum Gasteiger partial charge on any atom is 0.277 e. The second kappa shape index (κ2) is 8.79. The van der Waals surface area contributed by atoms with Gasteiger partial charge in [0.1, 0.15) is 12.0 Å². The SMILES string of the molecule is COc1ccc(N2CCN(Cc3nc(C(=O)Nc4ccccc4)co3)CC2)cc1. The predicted octanol–water partition coefficient (Wildman–Crippen LogP) is 3.26. The lowest BCUT2D eigenvalue weighted by molar-refractivity contribution is 0.102. The first kappa shape index (κ1) is 19.0. The summed E-state index contributed by atoms with van der Waals surface area (Å²) in [6, 6.07) is 17.4. The minimum absolute atomic E-state index is 0.268. The van der Waals surface area contributed by atoms with Crippen LogP contribution in [0.15, 0.2) is 65.3 Å². The van der Waals surface area contributed by atoms with Crippen molar-refractivity contribution < 1.29 is 13.9 Å². The van der Waals surface area contributed by atoms with Crippen molar-refractivity contribution in [1.29, 1.82) is 0 Å². The van der Waals surface area contributed by atoms with Crippen molar-refractivity contribution in [2.24, 2.45) is 0 Å². The third-order valence-electron chi connectivity index (χ3n) is 4.98. The van der Waals surface area contributed by atoms with Gasteiger partial charge >= 0.3 is 0 Å². The molecule has 150 valence electrons. The molecule has 0 spiro atoms. The summed E-state index contributed by atoms with van der Waals surface area (Å²) in [6.07, 6.45) is 1.42. The van der Waals surface area contributed by atoms with Gasteiger partial charge in [0.25, 0.3) is 5.91 Å². The summed E-state index contributed by atoms with van der Waals surface area (Å²) >= 11 is 0. The van der Waals surface area contributed by atoms with Gasteiger partial charge in [0.05, 0.1) is 13.7 Å². The molecule has 7 nitrogen and oxygen atoms in total. The van der Waals surface area contributed by atoms with Crippen LogP contribution in [0.25, 0.3) is 0 Å². The molecule has 0 radical (unpaired) electrons. The van der Waals surface area contributed by atoms with E-state index in [4.69, 9.17) is 9.15 Å². The Hall–Kier alpha value is -3.32. The molecule has 7 heteroatoms. The molecule has 1 saturated heterocycles. The number of rotatable bonds is 6. The minimum atomic E-state index is -0.268. The zero-order valence-corrected chi connectivity index (χ0v) is 16.4. The number of benzene rings is 2. The van der Waals surface area contributed by atoms with Crippen LogP contribution >= 0.6 is 0 Å². The smallest absolute Gasteiger partial charge is 0.277 e. The average molecular weight is 392 g/mol. The number of amides is 1. The van der Waals surface area contributed by atoms with Crippen LogP contribution in [0.5, 0.6) is 5.75 Å². The molecule has 4 rings (SSSR count). The zero-order chi connectivity index (χ0) is 20.1. The Morgan fingerprint density at radius 2 is 1.79 bits per heavy atom. The lowest BCUT2D eigenvalue weighted by atomic mass is 10.2. The van der Waals surface area contributed by atoms with E-state index in [0.717, 1.165) is 37.6 Å². The Bertz CT molecular complexity index is 932. The third kappa shape index (κ3) is 4.75. The minimum Gasteiger partial charge on any atom is -0.497 e. The molecule has 0 aliphatic carbocycles. The van der Waals surface area contributed by atoms with Gasteiger partial charge in [-0.25, -0.2) is 4.98 Å². The number of nitrogens with one attached hydrogen (secondary N) is 1. The Morgan fingerprint density at radius 1 is 1.07 bits per heavy atom. The molecule has 1 aliphatic rings. The molecule has 1 aromatic heterocycles. The second-order valence-corrected chi connectivity index (χ2v) is 6.91. The predicted molar refractivity (Wildman–Crippen MR) is 111 cm³/mol. The van der Waals surface area contributed by atoms with E-state index < -0.39 is 0 Å². The van der Waals surface area contributed by atoms with Crippen molar-refractivity contribution in [2.45, 2.75) is 6.54 Å². The van der Waals surface area contributed by atoms with Gasteiger partial charge in [-0.1, -0.05) is 18.2 Å². The Balaban J connectivity index is 1.29. The standard InChI is InChI=1S/C22H24N4O3/c1-28-19-9-7-18(8-10-19)26-13-11-25(12-14-26)15-21-24-20(16-29-21)22(27)23-17-5-3-2-4-6-17/h2-10,16H,11-15H2,1H3,(H,23,27). The van der Waals surface area contributed by atoms with Gasteiger partial charge in [0.15, 0.2) is 5.69 Å². The Labute approximate surface area is 169 Å². The van der Waals surface area contributed by atoms with E-state index in [9.17, 15) is 4.79 Å². The molecule has 1 amide bonds. The number of hydrogen-bond acceptors (Lipinski definition) is 6. The Kier molecular flexibility index (Phi) is 5.76. The second-order valence-electron chi connectivity index (χ2n) is 6.91. The summed E-state index contributed by atoms with van der Waals surface area (Å²) < 4.78 is 10.7. The summed E-state index contributed by atoms with van der Waals surface area (Å²) in [7, 11) is 1.67. The molecule has 3 aromatic rings. The number of anilines is 2. The summed E-state index contributed by atoms with van der Waals surface area (Å²) in [6.45, 7) is 4.25. The third-order valence-corrected chi connectivity index (χ3v) is 4.98. The number of oxazole rings is 1. The number of hydrogen-bond donors (Lipinski definition) is 1. The number of nitrogens with zero attached hydrogens (tertiary/aromatic N) is 3. The van der Waals surface area contributed by atoms with Crippen molar-refractivity contribution in [3.05, 3.63) is 72.4 Å². The van der Waals surface area contributed by atoms with E-state index in [1.54, 1.807) is 7.11 Å². The van der Waals surface area contributed by atoms with Crippen LogP contribution in [0, 0.1) is 0 Å². The van der Waals surface area contributed by atoms with Crippen molar-refractivity contribution in [1.82, 2.24) is 9.88 Å². The molecule has 1 aliphatic heterocycles. The topological polar surface area (TPSA) is 70.8 Å². The first-order valence-electron chi connectivity index (χ1n) is 9.63. The van der Waals surface area contributed by atoms with E-state index in [-0.39, 0.29) is 5.91 Å². The van der Waals surface area contributed by atoms with Crippen LogP contribution in [0.3, 0.4) is 0 Å².